The highest BCUT2D eigenvalue weighted by molar-refractivity contribution is 9.10. The van der Waals surface area contributed by atoms with E-state index in [9.17, 15) is 4.79 Å². The number of piperazine rings is 1. The molecule has 3 heterocycles. The number of aryl methyl sites for hydroxylation is 2. The van der Waals surface area contributed by atoms with Crippen molar-refractivity contribution in [1.29, 1.82) is 0 Å². The highest BCUT2D eigenvalue weighted by atomic mass is 79.9. The van der Waals surface area contributed by atoms with E-state index in [-0.39, 0.29) is 11.8 Å². The van der Waals surface area contributed by atoms with E-state index in [1.807, 2.05) is 18.7 Å². The van der Waals surface area contributed by atoms with E-state index in [1.54, 1.807) is 0 Å². The average Bonchev–Trinajstić information content (AvgIpc) is 3.12. The minimum atomic E-state index is -0.0213. The second kappa shape index (κ2) is 7.29. The van der Waals surface area contributed by atoms with Crippen molar-refractivity contribution in [1.82, 2.24) is 25.2 Å². The molecule has 2 aromatic heterocycles. The maximum Gasteiger partial charge on any atom is 0.275 e. The average molecular weight is 410 g/mol. The molecule has 25 heavy (non-hydrogen) atoms. The molecule has 0 saturated carbocycles. The number of rotatable bonds is 4. The molecule has 1 aliphatic heterocycles. The Morgan fingerprint density at radius 1 is 1.28 bits per heavy atom. The first-order chi connectivity index (χ1) is 11.9. The third-order valence-electron chi connectivity index (χ3n) is 4.73. The number of halogens is 1. The summed E-state index contributed by atoms with van der Waals surface area (Å²) in [5.41, 5.74) is 3.53. The van der Waals surface area contributed by atoms with Crippen LogP contribution in [0.5, 0.6) is 0 Å². The normalized spacial score (nSPS) is 16.0. The Kier molecular flexibility index (Phi) is 5.29. The van der Waals surface area contributed by atoms with Crippen molar-refractivity contribution in [2.75, 3.05) is 26.2 Å². The fourth-order valence-electron chi connectivity index (χ4n) is 3.08. The van der Waals surface area contributed by atoms with Gasteiger partial charge in [0.15, 0.2) is 5.69 Å². The van der Waals surface area contributed by atoms with Crippen LogP contribution >= 0.6 is 15.9 Å². The Balaban J connectivity index is 1.61. The first kappa shape index (κ1) is 18.1. The summed E-state index contributed by atoms with van der Waals surface area (Å²) in [7, 11) is 0. The first-order valence-electron chi connectivity index (χ1n) is 8.55. The molecule has 1 amide bonds. The molecule has 1 fully saturated rings. The number of hydrogen-bond acceptors (Lipinski definition) is 5. The Labute approximate surface area is 155 Å². The van der Waals surface area contributed by atoms with Gasteiger partial charge in [0.05, 0.1) is 15.9 Å². The molecule has 0 spiro atoms. The molecule has 0 bridgehead atoms. The fraction of sp³-hybridized carbons (Fsp3) is 0.588. The number of amides is 1. The lowest BCUT2D eigenvalue weighted by atomic mass is 10.1. The van der Waals surface area contributed by atoms with Gasteiger partial charge in [0.25, 0.3) is 5.91 Å². The van der Waals surface area contributed by atoms with E-state index in [4.69, 9.17) is 4.52 Å². The van der Waals surface area contributed by atoms with Gasteiger partial charge in [-0.3, -0.25) is 14.8 Å². The van der Waals surface area contributed by atoms with E-state index in [2.05, 4.69) is 50.0 Å². The van der Waals surface area contributed by atoms with Crippen LogP contribution in [0.3, 0.4) is 0 Å². The number of H-pyrrole nitrogens is 1. The highest BCUT2D eigenvalue weighted by Crippen LogP contribution is 2.26. The number of aromatic nitrogens is 3. The minimum Gasteiger partial charge on any atom is -0.361 e. The highest BCUT2D eigenvalue weighted by Gasteiger charge is 2.27. The Bertz CT molecular complexity index is 740. The molecule has 0 atom stereocenters. The summed E-state index contributed by atoms with van der Waals surface area (Å²) in [4.78, 5) is 17.0. The second-order valence-corrected chi connectivity index (χ2v) is 7.62. The smallest absolute Gasteiger partial charge is 0.275 e. The summed E-state index contributed by atoms with van der Waals surface area (Å²) < 4.78 is 6.01. The Morgan fingerprint density at radius 2 is 1.96 bits per heavy atom. The summed E-state index contributed by atoms with van der Waals surface area (Å²) >= 11 is 3.52. The predicted molar refractivity (Wildman–Crippen MR) is 97.5 cm³/mol. The maximum absolute atomic E-state index is 12.8. The van der Waals surface area contributed by atoms with Crippen LogP contribution in [0.1, 0.15) is 53.0 Å². The molecule has 0 unspecified atom stereocenters. The number of hydrogen-bond donors (Lipinski definition) is 1. The van der Waals surface area contributed by atoms with Crippen LogP contribution in [0.15, 0.2) is 9.00 Å². The summed E-state index contributed by atoms with van der Waals surface area (Å²) in [6.45, 7) is 11.9. The van der Waals surface area contributed by atoms with Crippen molar-refractivity contribution in [3.63, 3.8) is 0 Å². The molecule has 7 nitrogen and oxygen atoms in total. The van der Waals surface area contributed by atoms with Gasteiger partial charge < -0.3 is 9.42 Å². The van der Waals surface area contributed by atoms with Crippen molar-refractivity contribution in [3.05, 3.63) is 32.9 Å². The monoisotopic (exact) mass is 409 g/mol. The van der Waals surface area contributed by atoms with Crippen LogP contribution in [-0.4, -0.2) is 57.2 Å². The van der Waals surface area contributed by atoms with E-state index in [1.165, 1.54) is 0 Å². The summed E-state index contributed by atoms with van der Waals surface area (Å²) in [6.07, 6.45) is 0. The zero-order valence-corrected chi connectivity index (χ0v) is 16.7. The molecule has 0 aromatic carbocycles. The van der Waals surface area contributed by atoms with E-state index in [0.29, 0.717) is 18.8 Å². The molecule has 3 rings (SSSR count). The van der Waals surface area contributed by atoms with Crippen LogP contribution in [0.2, 0.25) is 0 Å². The molecule has 0 aliphatic carbocycles. The molecule has 1 aliphatic rings. The van der Waals surface area contributed by atoms with Crippen LogP contribution in [0.4, 0.5) is 0 Å². The van der Waals surface area contributed by atoms with Gasteiger partial charge in [0.1, 0.15) is 5.76 Å². The SMILES string of the molecule is Cc1noc(C)c1CN1CCN(C(=O)c2n[nH]c(C(C)C)c2Br)CC1. The van der Waals surface area contributed by atoms with Crippen molar-refractivity contribution in [2.45, 2.75) is 40.2 Å². The number of nitrogens with one attached hydrogen (secondary N) is 1. The van der Waals surface area contributed by atoms with E-state index < -0.39 is 0 Å². The quantitative estimate of drug-likeness (QED) is 0.839. The molecular weight excluding hydrogens is 386 g/mol. The largest absolute Gasteiger partial charge is 0.361 e. The fourth-order valence-corrected chi connectivity index (χ4v) is 3.88. The van der Waals surface area contributed by atoms with Crippen molar-refractivity contribution >= 4 is 21.8 Å². The van der Waals surface area contributed by atoms with Gasteiger partial charge >= 0.3 is 0 Å². The summed E-state index contributed by atoms with van der Waals surface area (Å²) in [5.74, 6) is 1.14. The predicted octanol–water partition coefficient (Wildman–Crippen LogP) is 2.86. The van der Waals surface area contributed by atoms with Crippen molar-refractivity contribution in [3.8, 4) is 0 Å². The van der Waals surface area contributed by atoms with Crippen molar-refractivity contribution in [2.24, 2.45) is 0 Å². The Morgan fingerprint density at radius 3 is 2.48 bits per heavy atom. The topological polar surface area (TPSA) is 78.3 Å². The van der Waals surface area contributed by atoms with Gasteiger partial charge in [-0.2, -0.15) is 5.10 Å². The summed E-state index contributed by atoms with van der Waals surface area (Å²) in [5, 5.41) is 11.2. The lowest BCUT2D eigenvalue weighted by Crippen LogP contribution is -2.48. The second-order valence-electron chi connectivity index (χ2n) is 6.83. The van der Waals surface area contributed by atoms with Gasteiger partial charge in [0, 0.05) is 38.3 Å². The van der Waals surface area contributed by atoms with Gasteiger partial charge in [-0.1, -0.05) is 19.0 Å². The van der Waals surface area contributed by atoms with Gasteiger partial charge in [-0.15, -0.1) is 0 Å². The third-order valence-corrected chi connectivity index (χ3v) is 5.54. The van der Waals surface area contributed by atoms with Crippen molar-refractivity contribution < 1.29 is 9.32 Å². The van der Waals surface area contributed by atoms with Gasteiger partial charge in [0.2, 0.25) is 0 Å². The molecule has 8 heteroatoms. The zero-order valence-electron chi connectivity index (χ0n) is 15.1. The Hall–Kier alpha value is -1.67. The van der Waals surface area contributed by atoms with Gasteiger partial charge in [-0.25, -0.2) is 0 Å². The minimum absolute atomic E-state index is 0.0213. The van der Waals surface area contributed by atoms with Crippen LogP contribution in [0, 0.1) is 13.8 Å². The van der Waals surface area contributed by atoms with Crippen LogP contribution in [0.25, 0.3) is 0 Å². The number of carbonyl (C=O) groups is 1. The molecule has 0 radical (unpaired) electrons. The third kappa shape index (κ3) is 3.64. The standard InChI is InChI=1S/C17H24BrN5O2/c1-10(2)15-14(18)16(20-19-15)17(24)23-7-5-22(6-8-23)9-13-11(3)21-25-12(13)4/h10H,5-9H2,1-4H3,(H,19,20). The van der Waals surface area contributed by atoms with Gasteiger partial charge in [-0.05, 0) is 35.7 Å². The molecule has 2 aromatic rings. The van der Waals surface area contributed by atoms with Crippen LogP contribution in [-0.2, 0) is 6.54 Å². The van der Waals surface area contributed by atoms with E-state index >= 15 is 0 Å². The van der Waals surface area contributed by atoms with E-state index in [0.717, 1.165) is 46.8 Å². The molecular formula is C17H24BrN5O2. The number of aromatic amines is 1. The number of carbonyl (C=O) groups excluding carboxylic acids is 1. The zero-order chi connectivity index (χ0) is 18.1. The lowest BCUT2D eigenvalue weighted by Gasteiger charge is -2.34. The molecule has 136 valence electrons. The molecule has 1 saturated heterocycles. The summed E-state index contributed by atoms with van der Waals surface area (Å²) in [6, 6.07) is 0. The number of nitrogens with zero attached hydrogens (tertiary/aromatic N) is 4. The maximum atomic E-state index is 12.8. The molecule has 1 N–H and O–H groups in total. The lowest BCUT2D eigenvalue weighted by molar-refractivity contribution is 0.0621. The first-order valence-corrected chi connectivity index (χ1v) is 9.35. The van der Waals surface area contributed by atoms with Crippen LogP contribution < -0.4 is 0 Å².